The number of benzene rings is 2. The SMILES string of the molecule is Cc1ccc(-c2c3nc(c(C#C[Si](C(C)C)(C(C)C)C(C)C)c4nc(c(C#C[Si](C(C)C)(C(C)C)C(C)C)c5ccc([nH]5)c(-c5ccc(C)cc5)c5ccc2[nH]5)C=C4)C=C3)cc1. The molecule has 318 valence electrons. The van der Waals surface area contributed by atoms with Crippen molar-refractivity contribution in [1.29, 1.82) is 0 Å². The largest absolute Gasteiger partial charge is 0.354 e. The number of fused-ring (bicyclic) bond motifs is 8. The molecule has 0 amide bonds. The van der Waals surface area contributed by atoms with Crippen LogP contribution in [0.4, 0.5) is 0 Å². The highest BCUT2D eigenvalue weighted by molar-refractivity contribution is 6.91. The predicted molar refractivity (Wildman–Crippen MR) is 275 cm³/mol. The zero-order valence-electron chi connectivity index (χ0n) is 39.6. The molecule has 4 nitrogen and oxygen atoms in total. The van der Waals surface area contributed by atoms with E-state index in [1.54, 1.807) is 0 Å². The van der Waals surface area contributed by atoms with E-state index in [0.717, 1.165) is 78.2 Å². The lowest BCUT2D eigenvalue weighted by molar-refractivity contribution is 0.838. The first-order valence-corrected chi connectivity index (χ1v) is 27.3. The molecule has 6 heteroatoms. The molecule has 2 N–H and O–H groups in total. The zero-order chi connectivity index (χ0) is 44.7. The zero-order valence-corrected chi connectivity index (χ0v) is 41.6. The minimum Gasteiger partial charge on any atom is -0.354 e. The Morgan fingerprint density at radius 2 is 0.710 bits per heavy atom. The summed E-state index contributed by atoms with van der Waals surface area (Å²) in [4.78, 5) is 18.8. The fourth-order valence-electron chi connectivity index (χ4n) is 10.7. The van der Waals surface area contributed by atoms with Crippen LogP contribution in [-0.4, -0.2) is 36.1 Å². The van der Waals surface area contributed by atoms with E-state index in [9.17, 15) is 0 Å². The Morgan fingerprint density at radius 1 is 0.387 bits per heavy atom. The van der Waals surface area contributed by atoms with Gasteiger partial charge in [-0.25, -0.2) is 9.97 Å². The van der Waals surface area contributed by atoms with E-state index in [2.05, 4.69) is 227 Å². The van der Waals surface area contributed by atoms with Gasteiger partial charge in [0.1, 0.15) is 16.1 Å². The van der Waals surface area contributed by atoms with Crippen molar-refractivity contribution in [3.05, 3.63) is 118 Å². The van der Waals surface area contributed by atoms with Gasteiger partial charge in [0.25, 0.3) is 0 Å². The first-order valence-electron chi connectivity index (χ1n) is 22.8. The number of hydrogen-bond donors (Lipinski definition) is 2. The summed E-state index contributed by atoms with van der Waals surface area (Å²) in [6.45, 7) is 32.8. The number of aromatic nitrogens is 4. The summed E-state index contributed by atoms with van der Waals surface area (Å²) < 4.78 is 0. The van der Waals surface area contributed by atoms with Crippen LogP contribution >= 0.6 is 0 Å². The summed E-state index contributed by atoms with van der Waals surface area (Å²) in [7, 11) is -4.22. The lowest BCUT2D eigenvalue weighted by atomic mass is 10.0. The second-order valence-electron chi connectivity index (χ2n) is 19.5. The predicted octanol–water partition coefficient (Wildman–Crippen LogP) is 15.7. The van der Waals surface area contributed by atoms with Gasteiger partial charge in [-0.2, -0.15) is 0 Å². The molecule has 8 bridgehead atoms. The van der Waals surface area contributed by atoms with Crippen LogP contribution in [0.2, 0.25) is 33.2 Å². The third kappa shape index (κ3) is 8.16. The van der Waals surface area contributed by atoms with Gasteiger partial charge in [-0.05, 0) is 107 Å². The van der Waals surface area contributed by atoms with Gasteiger partial charge in [0.15, 0.2) is 0 Å². The molecule has 62 heavy (non-hydrogen) atoms. The van der Waals surface area contributed by atoms with Crippen molar-refractivity contribution in [3.63, 3.8) is 0 Å². The fraction of sp³-hybridized carbons (Fsp3) is 0.357. The molecule has 0 unspecified atom stereocenters. The number of aryl methyl sites for hydroxylation is 2. The lowest BCUT2D eigenvalue weighted by Crippen LogP contribution is -2.43. The van der Waals surface area contributed by atoms with Crippen LogP contribution in [-0.2, 0) is 0 Å². The maximum atomic E-state index is 5.50. The van der Waals surface area contributed by atoms with E-state index in [0.29, 0.717) is 33.2 Å². The lowest BCUT2D eigenvalue weighted by Gasteiger charge is -2.38. The molecule has 0 spiro atoms. The van der Waals surface area contributed by atoms with E-state index >= 15 is 0 Å². The third-order valence-corrected chi connectivity index (χ3v) is 26.6. The molecule has 0 fully saturated rings. The van der Waals surface area contributed by atoms with Gasteiger partial charge in [0, 0.05) is 27.7 Å². The van der Waals surface area contributed by atoms with Crippen molar-refractivity contribution in [2.75, 3.05) is 0 Å². The maximum absolute atomic E-state index is 5.50. The Balaban J connectivity index is 1.69. The molecule has 5 heterocycles. The van der Waals surface area contributed by atoms with Crippen LogP contribution in [0.15, 0.2) is 72.8 Å². The van der Waals surface area contributed by atoms with Gasteiger partial charge in [-0.15, -0.1) is 11.1 Å². The van der Waals surface area contributed by atoms with Crippen molar-refractivity contribution in [3.8, 4) is 45.2 Å². The standard InChI is InChI=1S/C56H66N4Si2/c1-35(2)61(36(3)4,37(5)6)33-31-45-47-23-24-48(57-47)46(32-34-62(38(7)8,39(9)10)40(11)12)50-26-28-52(59-50)56(44-21-17-42(14)18-22-44)54-30-29-53(60-54)55(51-27-25-49(45)58-51)43-19-15-41(13)16-20-43/h15-30,35-40,58,60H,1-14H3. The Morgan fingerprint density at radius 3 is 1.15 bits per heavy atom. The number of H-pyrrole nitrogens is 2. The van der Waals surface area contributed by atoms with E-state index < -0.39 is 16.1 Å². The molecule has 7 rings (SSSR count). The minimum atomic E-state index is -2.11. The number of nitrogens with one attached hydrogen (secondary N) is 2. The summed E-state index contributed by atoms with van der Waals surface area (Å²) in [5.74, 6) is 7.71. The van der Waals surface area contributed by atoms with Crippen LogP contribution in [0.3, 0.4) is 0 Å². The molecule has 0 atom stereocenters. The summed E-state index contributed by atoms with van der Waals surface area (Å²) in [6.07, 6.45) is 8.59. The Labute approximate surface area is 373 Å². The molecule has 2 aromatic carbocycles. The van der Waals surface area contributed by atoms with E-state index in [1.165, 1.54) is 11.1 Å². The maximum Gasteiger partial charge on any atom is 0.146 e. The number of nitrogens with zero attached hydrogens (tertiary/aromatic N) is 2. The Hall–Kier alpha value is -5.41. The topological polar surface area (TPSA) is 57.4 Å². The summed E-state index contributed by atoms with van der Waals surface area (Å²) in [6, 6.07) is 26.4. The van der Waals surface area contributed by atoms with Gasteiger partial charge in [0.2, 0.25) is 0 Å². The van der Waals surface area contributed by atoms with E-state index in [1.807, 2.05) is 0 Å². The van der Waals surface area contributed by atoms with Crippen LogP contribution in [0.5, 0.6) is 0 Å². The smallest absolute Gasteiger partial charge is 0.146 e. The highest BCUT2D eigenvalue weighted by Gasteiger charge is 2.43. The molecule has 0 radical (unpaired) electrons. The molecule has 0 aliphatic carbocycles. The van der Waals surface area contributed by atoms with Gasteiger partial charge < -0.3 is 9.97 Å². The molecule has 2 aliphatic heterocycles. The van der Waals surface area contributed by atoms with E-state index in [4.69, 9.17) is 9.97 Å². The van der Waals surface area contributed by atoms with Crippen molar-refractivity contribution in [2.45, 2.75) is 130 Å². The molecule has 0 saturated heterocycles. The van der Waals surface area contributed by atoms with Crippen LogP contribution < -0.4 is 0 Å². The van der Waals surface area contributed by atoms with Gasteiger partial charge in [-0.1, -0.05) is 155 Å². The summed E-state index contributed by atoms with van der Waals surface area (Å²) in [5.41, 5.74) is 27.0. The average molecular weight is 851 g/mol. The van der Waals surface area contributed by atoms with Gasteiger partial charge in [-0.3, -0.25) is 0 Å². The average Bonchev–Trinajstić information content (AvgIpc) is 4.06. The number of rotatable bonds is 8. The fourth-order valence-corrected chi connectivity index (χ4v) is 21.1. The van der Waals surface area contributed by atoms with Gasteiger partial charge in [0.05, 0.1) is 39.4 Å². The van der Waals surface area contributed by atoms with Crippen molar-refractivity contribution >= 4 is 62.5 Å². The van der Waals surface area contributed by atoms with Crippen molar-refractivity contribution in [1.82, 2.24) is 19.9 Å². The number of hydrogen-bond acceptors (Lipinski definition) is 2. The highest BCUT2D eigenvalue weighted by atomic mass is 28.3. The van der Waals surface area contributed by atoms with E-state index in [-0.39, 0.29) is 0 Å². The summed E-state index contributed by atoms with van der Waals surface area (Å²) >= 11 is 0. The first-order chi connectivity index (χ1) is 29.5. The second-order valence-corrected chi connectivity index (χ2v) is 30.7. The monoisotopic (exact) mass is 850 g/mol. The van der Waals surface area contributed by atoms with Crippen molar-refractivity contribution < 1.29 is 0 Å². The molecular weight excluding hydrogens is 785 g/mol. The Kier molecular flexibility index (Phi) is 12.8. The minimum absolute atomic E-state index is 0.489. The van der Waals surface area contributed by atoms with Gasteiger partial charge >= 0.3 is 0 Å². The molecule has 0 saturated carbocycles. The van der Waals surface area contributed by atoms with Crippen LogP contribution in [0, 0.1) is 36.8 Å². The Bertz CT molecular complexity index is 2790. The summed E-state index contributed by atoms with van der Waals surface area (Å²) in [5, 5.41) is 0. The van der Waals surface area contributed by atoms with Crippen LogP contribution in [0.1, 0.15) is 128 Å². The molecule has 3 aromatic heterocycles. The quantitative estimate of drug-likeness (QED) is 0.118. The molecule has 2 aliphatic rings. The first kappa shape index (κ1) is 44.6. The normalized spacial score (nSPS) is 12.8. The second kappa shape index (κ2) is 17.8. The number of aromatic amines is 2. The third-order valence-electron chi connectivity index (χ3n) is 14.0. The van der Waals surface area contributed by atoms with Crippen LogP contribution in [0.25, 0.3) is 68.6 Å². The molecule has 5 aromatic rings. The molecular formula is C56H66N4Si2. The van der Waals surface area contributed by atoms with Crippen molar-refractivity contribution in [2.24, 2.45) is 0 Å². The highest BCUT2D eigenvalue weighted by Crippen LogP contribution is 2.43.